The highest BCUT2D eigenvalue weighted by Gasteiger charge is 2.20. The highest BCUT2D eigenvalue weighted by molar-refractivity contribution is 5.59. The van der Waals surface area contributed by atoms with Crippen LogP contribution in [-0.4, -0.2) is 13.6 Å². The Morgan fingerprint density at radius 1 is 1.40 bits per heavy atom. The zero-order chi connectivity index (χ0) is 10.8. The van der Waals surface area contributed by atoms with Gasteiger partial charge in [-0.3, -0.25) is 0 Å². The van der Waals surface area contributed by atoms with Gasteiger partial charge in [0, 0.05) is 13.6 Å². The van der Waals surface area contributed by atoms with Crippen molar-refractivity contribution in [2.45, 2.75) is 32.6 Å². The van der Waals surface area contributed by atoms with Crippen molar-refractivity contribution in [2.24, 2.45) is 0 Å². The van der Waals surface area contributed by atoms with Gasteiger partial charge in [0.2, 0.25) is 0 Å². The van der Waals surface area contributed by atoms with Crippen molar-refractivity contribution in [3.63, 3.8) is 0 Å². The summed E-state index contributed by atoms with van der Waals surface area (Å²) >= 11 is 0. The van der Waals surface area contributed by atoms with Gasteiger partial charge in [-0.05, 0) is 36.5 Å². The monoisotopic (exact) mass is 207 g/mol. The fraction of sp³-hybridized carbons (Fsp3) is 0.538. The molecule has 0 saturated heterocycles. The molecule has 0 saturated carbocycles. The maximum atomic E-state index is 13.7. The van der Waals surface area contributed by atoms with Crippen LogP contribution in [0.5, 0.6) is 0 Å². The van der Waals surface area contributed by atoms with E-state index >= 15 is 0 Å². The molecule has 0 aliphatic carbocycles. The average molecular weight is 207 g/mol. The first-order valence-corrected chi connectivity index (χ1v) is 5.75. The van der Waals surface area contributed by atoms with Crippen LogP contribution in [0, 0.1) is 5.82 Å². The molecule has 1 nitrogen and oxygen atoms in total. The standard InChI is InChI=1S/C13H18FN/c1-3-5-10-7-8-12(14)13-11(10)6-4-9-15(13)2/h7-8H,3-6,9H2,1-2H3. The van der Waals surface area contributed by atoms with E-state index in [2.05, 4.69) is 6.92 Å². The molecule has 0 radical (unpaired) electrons. The summed E-state index contributed by atoms with van der Waals surface area (Å²) in [7, 11) is 1.98. The minimum absolute atomic E-state index is 0.0629. The van der Waals surface area contributed by atoms with Crippen LogP contribution < -0.4 is 4.90 Å². The summed E-state index contributed by atoms with van der Waals surface area (Å²) < 4.78 is 13.7. The molecule has 0 atom stereocenters. The van der Waals surface area contributed by atoms with Gasteiger partial charge in [-0.1, -0.05) is 19.4 Å². The summed E-state index contributed by atoms with van der Waals surface area (Å²) in [5.41, 5.74) is 3.42. The molecule has 82 valence electrons. The third-order valence-electron chi connectivity index (χ3n) is 3.15. The third-order valence-corrected chi connectivity index (χ3v) is 3.15. The predicted octanol–water partition coefficient (Wildman–Crippen LogP) is 3.16. The van der Waals surface area contributed by atoms with Crippen molar-refractivity contribution >= 4 is 5.69 Å². The van der Waals surface area contributed by atoms with Crippen LogP contribution in [0.15, 0.2) is 12.1 Å². The molecular weight excluding hydrogens is 189 g/mol. The van der Waals surface area contributed by atoms with Crippen LogP contribution in [0.2, 0.25) is 0 Å². The Bertz CT molecular complexity index is 360. The van der Waals surface area contributed by atoms with Gasteiger partial charge in [0.1, 0.15) is 5.82 Å². The number of benzene rings is 1. The van der Waals surface area contributed by atoms with E-state index in [0.29, 0.717) is 0 Å². The molecule has 1 aromatic rings. The second-order valence-electron chi connectivity index (χ2n) is 4.31. The van der Waals surface area contributed by atoms with Gasteiger partial charge in [-0.2, -0.15) is 0 Å². The van der Waals surface area contributed by atoms with Crippen LogP contribution in [0.4, 0.5) is 10.1 Å². The molecule has 0 amide bonds. The second kappa shape index (κ2) is 4.21. The summed E-state index contributed by atoms with van der Waals surface area (Å²) in [6.07, 6.45) is 4.37. The molecule has 15 heavy (non-hydrogen) atoms. The van der Waals surface area contributed by atoms with Gasteiger partial charge in [0.15, 0.2) is 0 Å². The van der Waals surface area contributed by atoms with Crippen LogP contribution in [0.3, 0.4) is 0 Å². The van der Waals surface area contributed by atoms with E-state index in [1.807, 2.05) is 18.0 Å². The van der Waals surface area contributed by atoms with Crippen LogP contribution in [0.25, 0.3) is 0 Å². The summed E-state index contributed by atoms with van der Waals surface area (Å²) in [4.78, 5) is 2.05. The number of halogens is 1. The minimum atomic E-state index is -0.0629. The zero-order valence-electron chi connectivity index (χ0n) is 9.52. The molecule has 0 spiro atoms. The first-order chi connectivity index (χ1) is 7.24. The van der Waals surface area contributed by atoms with Gasteiger partial charge in [0.25, 0.3) is 0 Å². The van der Waals surface area contributed by atoms with Crippen LogP contribution in [-0.2, 0) is 12.8 Å². The lowest BCUT2D eigenvalue weighted by atomic mass is 9.94. The number of rotatable bonds is 2. The quantitative estimate of drug-likeness (QED) is 0.720. The SMILES string of the molecule is CCCc1ccc(F)c2c1CCCN2C. The second-order valence-corrected chi connectivity index (χ2v) is 4.31. The number of nitrogens with zero attached hydrogens (tertiary/aromatic N) is 1. The number of hydrogen-bond acceptors (Lipinski definition) is 1. The number of fused-ring (bicyclic) bond motifs is 1. The van der Waals surface area contributed by atoms with E-state index in [1.165, 1.54) is 11.1 Å². The molecular formula is C13H18FN. The molecule has 0 fully saturated rings. The van der Waals surface area contributed by atoms with Crippen molar-refractivity contribution in [2.75, 3.05) is 18.5 Å². The highest BCUT2D eigenvalue weighted by atomic mass is 19.1. The number of anilines is 1. The smallest absolute Gasteiger partial charge is 0.146 e. The van der Waals surface area contributed by atoms with Crippen LogP contribution >= 0.6 is 0 Å². The Kier molecular flexibility index (Phi) is 2.94. The molecule has 1 aromatic carbocycles. The summed E-state index contributed by atoms with van der Waals surface area (Å²) in [5, 5.41) is 0. The lowest BCUT2D eigenvalue weighted by Gasteiger charge is -2.29. The highest BCUT2D eigenvalue weighted by Crippen LogP contribution is 2.32. The van der Waals surface area contributed by atoms with Gasteiger partial charge < -0.3 is 4.90 Å². The van der Waals surface area contributed by atoms with Crippen LogP contribution in [0.1, 0.15) is 30.9 Å². The fourth-order valence-electron chi connectivity index (χ4n) is 2.45. The molecule has 2 rings (SSSR count). The summed E-state index contributed by atoms with van der Waals surface area (Å²) in [6, 6.07) is 3.57. The van der Waals surface area contributed by atoms with E-state index in [9.17, 15) is 4.39 Å². The van der Waals surface area contributed by atoms with Gasteiger partial charge >= 0.3 is 0 Å². The molecule has 0 unspecified atom stereocenters. The van der Waals surface area contributed by atoms with E-state index < -0.39 is 0 Å². The summed E-state index contributed by atoms with van der Waals surface area (Å²) in [6.45, 7) is 3.14. The predicted molar refractivity (Wildman–Crippen MR) is 62.0 cm³/mol. The van der Waals surface area contributed by atoms with E-state index in [-0.39, 0.29) is 5.82 Å². The largest absolute Gasteiger partial charge is 0.372 e. The topological polar surface area (TPSA) is 3.24 Å². The number of aryl methyl sites for hydroxylation is 1. The molecule has 0 N–H and O–H groups in total. The molecule has 1 heterocycles. The van der Waals surface area contributed by atoms with Crippen molar-refractivity contribution in [1.29, 1.82) is 0 Å². The molecule has 0 bridgehead atoms. The lowest BCUT2D eigenvalue weighted by Crippen LogP contribution is -2.26. The van der Waals surface area contributed by atoms with E-state index in [4.69, 9.17) is 0 Å². The summed E-state index contributed by atoms with van der Waals surface area (Å²) in [5.74, 6) is -0.0629. The maximum Gasteiger partial charge on any atom is 0.146 e. The van der Waals surface area contributed by atoms with Crippen molar-refractivity contribution in [1.82, 2.24) is 0 Å². The molecule has 1 aliphatic heterocycles. The Hall–Kier alpha value is -1.05. The first-order valence-electron chi connectivity index (χ1n) is 5.75. The van der Waals surface area contributed by atoms with Crippen molar-refractivity contribution in [3.05, 3.63) is 29.1 Å². The normalized spacial score (nSPS) is 15.3. The van der Waals surface area contributed by atoms with Gasteiger partial charge in [-0.25, -0.2) is 4.39 Å². The third kappa shape index (κ3) is 1.85. The van der Waals surface area contributed by atoms with Gasteiger partial charge in [0.05, 0.1) is 5.69 Å². The van der Waals surface area contributed by atoms with Gasteiger partial charge in [-0.15, -0.1) is 0 Å². The Morgan fingerprint density at radius 3 is 2.93 bits per heavy atom. The van der Waals surface area contributed by atoms with Crippen molar-refractivity contribution in [3.8, 4) is 0 Å². The molecule has 2 heteroatoms. The Labute approximate surface area is 90.9 Å². The molecule has 0 aromatic heterocycles. The maximum absolute atomic E-state index is 13.7. The Morgan fingerprint density at radius 2 is 2.20 bits per heavy atom. The zero-order valence-corrected chi connectivity index (χ0v) is 9.52. The lowest BCUT2D eigenvalue weighted by molar-refractivity contribution is 0.605. The van der Waals surface area contributed by atoms with E-state index in [1.54, 1.807) is 6.07 Å². The minimum Gasteiger partial charge on any atom is -0.372 e. The average Bonchev–Trinajstić information content (AvgIpc) is 2.22. The first kappa shape index (κ1) is 10.5. The molecule has 1 aliphatic rings. The Balaban J connectivity index is 2.48. The van der Waals surface area contributed by atoms with E-state index in [0.717, 1.165) is 37.9 Å². The van der Waals surface area contributed by atoms with Crippen molar-refractivity contribution < 1.29 is 4.39 Å². The fourth-order valence-corrected chi connectivity index (χ4v) is 2.45. The number of hydrogen-bond donors (Lipinski definition) is 0.